The predicted octanol–water partition coefficient (Wildman–Crippen LogP) is 0.778. The van der Waals surface area contributed by atoms with E-state index in [2.05, 4.69) is 9.80 Å². The summed E-state index contributed by atoms with van der Waals surface area (Å²) in [6.45, 7) is 2.97. The lowest BCUT2D eigenvalue weighted by atomic mass is 9.99. The zero-order chi connectivity index (χ0) is 11.6. The third-order valence-electron chi connectivity index (χ3n) is 3.61. The van der Waals surface area contributed by atoms with E-state index in [1.54, 1.807) is 6.26 Å². The maximum atomic E-state index is 9.54. The van der Waals surface area contributed by atoms with Gasteiger partial charge in [-0.1, -0.05) is 0 Å². The van der Waals surface area contributed by atoms with Crippen LogP contribution >= 0.6 is 0 Å². The molecule has 16 heavy (non-hydrogen) atoms. The van der Waals surface area contributed by atoms with E-state index in [1.165, 1.54) is 0 Å². The summed E-state index contributed by atoms with van der Waals surface area (Å²) in [6, 6.07) is 3.91. The standard InChI is InChI=1S/C12H20N2O2/c1-13(2)12(10-15)5-6-14(9-12)8-11-4-3-7-16-11/h3-4,7,15H,5-6,8-10H2,1-2H3. The SMILES string of the molecule is CN(C)C1(CO)CCN(Cc2ccco2)C1. The normalized spacial score (nSPS) is 26.8. The molecule has 0 saturated carbocycles. The number of hydrogen-bond donors (Lipinski definition) is 1. The molecule has 0 radical (unpaired) electrons. The van der Waals surface area contributed by atoms with Gasteiger partial charge in [-0.25, -0.2) is 0 Å². The van der Waals surface area contributed by atoms with E-state index in [0.717, 1.165) is 31.8 Å². The van der Waals surface area contributed by atoms with Crippen LogP contribution < -0.4 is 0 Å². The highest BCUT2D eigenvalue weighted by Gasteiger charge is 2.39. The van der Waals surface area contributed by atoms with Crippen molar-refractivity contribution >= 4 is 0 Å². The van der Waals surface area contributed by atoms with Crippen LogP contribution in [0.3, 0.4) is 0 Å². The Balaban J connectivity index is 1.97. The summed E-state index contributed by atoms with van der Waals surface area (Å²) in [6.07, 6.45) is 2.72. The molecule has 90 valence electrons. The van der Waals surface area contributed by atoms with Crippen molar-refractivity contribution in [3.8, 4) is 0 Å². The topological polar surface area (TPSA) is 39.9 Å². The summed E-state index contributed by atoms with van der Waals surface area (Å²) in [5.41, 5.74) is -0.0768. The molecule has 1 aliphatic rings. The second-order valence-electron chi connectivity index (χ2n) is 4.82. The largest absolute Gasteiger partial charge is 0.468 e. The van der Waals surface area contributed by atoms with Gasteiger partial charge in [0.25, 0.3) is 0 Å². The molecule has 0 aliphatic carbocycles. The number of nitrogens with zero attached hydrogens (tertiary/aromatic N) is 2. The van der Waals surface area contributed by atoms with Crippen molar-refractivity contribution in [1.29, 1.82) is 0 Å². The second kappa shape index (κ2) is 4.57. The Labute approximate surface area is 96.5 Å². The molecular formula is C12H20N2O2. The van der Waals surface area contributed by atoms with Gasteiger partial charge in [0, 0.05) is 13.1 Å². The van der Waals surface area contributed by atoms with Crippen molar-refractivity contribution in [3.63, 3.8) is 0 Å². The molecule has 1 aromatic rings. The van der Waals surface area contributed by atoms with Gasteiger partial charge in [-0.3, -0.25) is 4.90 Å². The molecule has 1 aromatic heterocycles. The Morgan fingerprint density at radius 2 is 2.38 bits per heavy atom. The fraction of sp³-hybridized carbons (Fsp3) is 0.667. The van der Waals surface area contributed by atoms with Crippen molar-refractivity contribution in [2.75, 3.05) is 33.8 Å². The van der Waals surface area contributed by atoms with Gasteiger partial charge in [-0.2, -0.15) is 0 Å². The van der Waals surface area contributed by atoms with Crippen molar-refractivity contribution < 1.29 is 9.52 Å². The first-order valence-electron chi connectivity index (χ1n) is 5.69. The summed E-state index contributed by atoms with van der Waals surface area (Å²) in [7, 11) is 4.07. The molecule has 4 nitrogen and oxygen atoms in total. The molecule has 1 aliphatic heterocycles. The summed E-state index contributed by atoms with van der Waals surface area (Å²) in [5.74, 6) is 0.993. The minimum Gasteiger partial charge on any atom is -0.468 e. The van der Waals surface area contributed by atoms with Crippen LogP contribution in [0.4, 0.5) is 0 Å². The molecule has 0 spiro atoms. The van der Waals surface area contributed by atoms with Crippen molar-refractivity contribution in [2.45, 2.75) is 18.5 Å². The molecule has 2 rings (SSSR count). The van der Waals surface area contributed by atoms with Crippen LogP contribution in [0.25, 0.3) is 0 Å². The first kappa shape index (κ1) is 11.6. The Hall–Kier alpha value is -0.840. The summed E-state index contributed by atoms with van der Waals surface area (Å²) < 4.78 is 5.34. The average Bonchev–Trinajstić information content (AvgIpc) is 2.88. The summed E-state index contributed by atoms with van der Waals surface area (Å²) in [4.78, 5) is 4.46. The lowest BCUT2D eigenvalue weighted by Crippen LogP contribution is -2.49. The molecular weight excluding hydrogens is 204 g/mol. The molecule has 0 amide bonds. The quantitative estimate of drug-likeness (QED) is 0.820. The average molecular weight is 224 g/mol. The van der Waals surface area contributed by atoms with E-state index in [-0.39, 0.29) is 12.1 Å². The third kappa shape index (κ3) is 2.14. The van der Waals surface area contributed by atoms with Gasteiger partial charge in [0.15, 0.2) is 0 Å². The highest BCUT2D eigenvalue weighted by molar-refractivity contribution is 5.02. The number of likely N-dealkylation sites (tertiary alicyclic amines) is 1. The van der Waals surface area contributed by atoms with Crippen LogP contribution in [0.5, 0.6) is 0 Å². The van der Waals surface area contributed by atoms with Crippen LogP contribution in [0.2, 0.25) is 0 Å². The van der Waals surface area contributed by atoms with Gasteiger partial charge in [-0.05, 0) is 32.6 Å². The second-order valence-corrected chi connectivity index (χ2v) is 4.82. The molecule has 1 atom stereocenters. The number of aliphatic hydroxyl groups is 1. The first-order valence-corrected chi connectivity index (χ1v) is 5.69. The zero-order valence-electron chi connectivity index (χ0n) is 10.0. The smallest absolute Gasteiger partial charge is 0.117 e. The van der Waals surface area contributed by atoms with E-state index in [0.29, 0.717) is 0 Å². The fourth-order valence-corrected chi connectivity index (χ4v) is 2.33. The van der Waals surface area contributed by atoms with Crippen molar-refractivity contribution in [3.05, 3.63) is 24.2 Å². The first-order chi connectivity index (χ1) is 7.66. The highest BCUT2D eigenvalue weighted by atomic mass is 16.3. The van der Waals surface area contributed by atoms with E-state index < -0.39 is 0 Å². The number of aliphatic hydroxyl groups excluding tert-OH is 1. The Bertz CT molecular complexity index is 324. The number of furan rings is 1. The lowest BCUT2D eigenvalue weighted by molar-refractivity contribution is 0.0729. The fourth-order valence-electron chi connectivity index (χ4n) is 2.33. The number of likely N-dealkylation sites (N-methyl/N-ethyl adjacent to an activating group) is 1. The lowest BCUT2D eigenvalue weighted by Gasteiger charge is -2.34. The van der Waals surface area contributed by atoms with Gasteiger partial charge in [0.05, 0.1) is 25.0 Å². The van der Waals surface area contributed by atoms with Crippen LogP contribution in [-0.4, -0.2) is 54.2 Å². The predicted molar refractivity (Wildman–Crippen MR) is 62.1 cm³/mol. The van der Waals surface area contributed by atoms with Gasteiger partial charge in [0.2, 0.25) is 0 Å². The van der Waals surface area contributed by atoms with Gasteiger partial charge in [0.1, 0.15) is 5.76 Å². The molecule has 1 unspecified atom stereocenters. The number of rotatable bonds is 4. The van der Waals surface area contributed by atoms with Crippen LogP contribution in [0.15, 0.2) is 22.8 Å². The molecule has 1 N–H and O–H groups in total. The van der Waals surface area contributed by atoms with E-state index in [1.807, 2.05) is 26.2 Å². The highest BCUT2D eigenvalue weighted by Crippen LogP contribution is 2.26. The summed E-state index contributed by atoms with van der Waals surface area (Å²) >= 11 is 0. The zero-order valence-corrected chi connectivity index (χ0v) is 10.0. The Morgan fingerprint density at radius 3 is 2.88 bits per heavy atom. The van der Waals surface area contributed by atoms with Crippen LogP contribution in [0, 0.1) is 0 Å². The third-order valence-corrected chi connectivity index (χ3v) is 3.61. The molecule has 0 aromatic carbocycles. The van der Waals surface area contributed by atoms with E-state index in [9.17, 15) is 5.11 Å². The van der Waals surface area contributed by atoms with E-state index in [4.69, 9.17) is 4.42 Å². The van der Waals surface area contributed by atoms with E-state index >= 15 is 0 Å². The molecule has 4 heteroatoms. The van der Waals surface area contributed by atoms with Gasteiger partial charge >= 0.3 is 0 Å². The Kier molecular flexibility index (Phi) is 3.33. The molecule has 2 heterocycles. The number of hydrogen-bond acceptors (Lipinski definition) is 4. The summed E-state index contributed by atoms with van der Waals surface area (Å²) in [5, 5.41) is 9.54. The van der Waals surface area contributed by atoms with Gasteiger partial charge in [-0.15, -0.1) is 0 Å². The maximum Gasteiger partial charge on any atom is 0.117 e. The Morgan fingerprint density at radius 1 is 1.56 bits per heavy atom. The monoisotopic (exact) mass is 224 g/mol. The van der Waals surface area contributed by atoms with Crippen molar-refractivity contribution in [1.82, 2.24) is 9.80 Å². The minimum absolute atomic E-state index is 0.0768. The minimum atomic E-state index is -0.0768. The van der Waals surface area contributed by atoms with Crippen LogP contribution in [0.1, 0.15) is 12.2 Å². The van der Waals surface area contributed by atoms with Crippen molar-refractivity contribution in [2.24, 2.45) is 0 Å². The molecule has 0 bridgehead atoms. The van der Waals surface area contributed by atoms with Crippen LogP contribution in [-0.2, 0) is 6.54 Å². The molecule has 1 saturated heterocycles. The van der Waals surface area contributed by atoms with Gasteiger partial charge < -0.3 is 14.4 Å². The maximum absolute atomic E-state index is 9.54. The molecule has 1 fully saturated rings.